The number of esters is 2. The molecule has 230 valence electrons. The first kappa shape index (κ1) is 34.1. The fourth-order valence-electron chi connectivity index (χ4n) is 3.14. The number of ether oxygens (including phenoxy) is 6. The van der Waals surface area contributed by atoms with Gasteiger partial charge in [-0.2, -0.15) is 0 Å². The summed E-state index contributed by atoms with van der Waals surface area (Å²) < 4.78 is 31.4. The van der Waals surface area contributed by atoms with Crippen LogP contribution in [0.25, 0.3) is 0 Å². The van der Waals surface area contributed by atoms with Crippen LogP contribution in [0, 0.1) is 10.8 Å². The van der Waals surface area contributed by atoms with E-state index in [1.54, 1.807) is 43.3 Å². The zero-order valence-corrected chi connectivity index (χ0v) is 25.3. The van der Waals surface area contributed by atoms with Gasteiger partial charge < -0.3 is 34.2 Å². The Hall–Kier alpha value is -4.12. The Morgan fingerprint density at radius 3 is 1.86 bits per heavy atom. The fraction of sp³-hybridized carbons (Fsp3) is 0.484. The molecule has 0 fully saturated rings. The smallest absolute Gasteiger partial charge is 0.458 e. The SMILES string of the molecule is C[C@@H](COC(=O)c1ccccc1)OC(=O)[C@@H](N)Cc1ccc(OC(=O)OCC(C)(C)C)c(OC(=O)OCC(C)(C)C)c1. The van der Waals surface area contributed by atoms with Gasteiger partial charge in [0.15, 0.2) is 11.5 Å². The molecule has 0 saturated carbocycles. The van der Waals surface area contributed by atoms with Crippen molar-refractivity contribution in [3.8, 4) is 11.5 Å². The average molecular weight is 588 g/mol. The molecular formula is C31H41NO10. The molecule has 0 aliphatic carbocycles. The van der Waals surface area contributed by atoms with Crippen LogP contribution < -0.4 is 15.2 Å². The van der Waals surface area contributed by atoms with Crippen LogP contribution in [0.2, 0.25) is 0 Å². The van der Waals surface area contributed by atoms with Crippen LogP contribution in [-0.2, 0) is 30.2 Å². The van der Waals surface area contributed by atoms with Gasteiger partial charge in [0.05, 0.1) is 18.8 Å². The summed E-state index contributed by atoms with van der Waals surface area (Å²) in [6.07, 6.45) is -2.73. The second-order valence-electron chi connectivity index (χ2n) is 12.2. The minimum Gasteiger partial charge on any atom is -0.458 e. The maximum atomic E-state index is 12.6. The van der Waals surface area contributed by atoms with E-state index in [4.69, 9.17) is 34.2 Å². The molecule has 2 aromatic carbocycles. The Balaban J connectivity index is 2.05. The molecule has 2 atom stereocenters. The van der Waals surface area contributed by atoms with Gasteiger partial charge >= 0.3 is 24.2 Å². The fourth-order valence-corrected chi connectivity index (χ4v) is 3.14. The summed E-state index contributed by atoms with van der Waals surface area (Å²) in [5.41, 5.74) is 6.34. The molecule has 0 unspecified atom stereocenters. The predicted octanol–water partition coefficient (Wildman–Crippen LogP) is 5.47. The highest BCUT2D eigenvalue weighted by Gasteiger charge is 2.23. The molecule has 0 spiro atoms. The number of hydrogen-bond acceptors (Lipinski definition) is 11. The summed E-state index contributed by atoms with van der Waals surface area (Å²) in [5, 5.41) is 0. The summed E-state index contributed by atoms with van der Waals surface area (Å²) in [7, 11) is 0. The van der Waals surface area contributed by atoms with Crippen molar-refractivity contribution < 1.29 is 47.6 Å². The lowest BCUT2D eigenvalue weighted by Crippen LogP contribution is -2.37. The van der Waals surface area contributed by atoms with E-state index in [2.05, 4.69) is 0 Å². The highest BCUT2D eigenvalue weighted by atomic mass is 16.7. The van der Waals surface area contributed by atoms with Crippen molar-refractivity contribution in [1.82, 2.24) is 0 Å². The van der Waals surface area contributed by atoms with Crippen molar-refractivity contribution in [2.24, 2.45) is 16.6 Å². The number of carbonyl (C=O) groups is 4. The minimum absolute atomic E-state index is 0.00247. The molecule has 0 aliphatic rings. The quantitative estimate of drug-likeness (QED) is 0.203. The maximum Gasteiger partial charge on any atom is 0.513 e. The molecule has 0 saturated heterocycles. The van der Waals surface area contributed by atoms with Crippen molar-refractivity contribution in [1.29, 1.82) is 0 Å². The van der Waals surface area contributed by atoms with Crippen LogP contribution >= 0.6 is 0 Å². The lowest BCUT2D eigenvalue weighted by molar-refractivity contribution is -0.151. The van der Waals surface area contributed by atoms with Gasteiger partial charge in [0.25, 0.3) is 0 Å². The summed E-state index contributed by atoms with van der Waals surface area (Å²) in [6.45, 7) is 12.9. The normalized spacial score (nSPS) is 12.9. The van der Waals surface area contributed by atoms with Crippen molar-refractivity contribution in [3.05, 3.63) is 59.7 Å². The summed E-state index contributed by atoms with van der Waals surface area (Å²) >= 11 is 0. The molecular weight excluding hydrogens is 546 g/mol. The molecule has 2 N–H and O–H groups in total. The zero-order chi connectivity index (χ0) is 31.5. The lowest BCUT2D eigenvalue weighted by atomic mass is 9.99. The predicted molar refractivity (Wildman–Crippen MR) is 153 cm³/mol. The van der Waals surface area contributed by atoms with Gasteiger partial charge in [-0.05, 0) is 54.0 Å². The highest BCUT2D eigenvalue weighted by Crippen LogP contribution is 2.30. The third kappa shape index (κ3) is 13.0. The highest BCUT2D eigenvalue weighted by molar-refractivity contribution is 5.89. The van der Waals surface area contributed by atoms with Crippen LogP contribution in [0.1, 0.15) is 64.4 Å². The van der Waals surface area contributed by atoms with Crippen LogP contribution in [0.5, 0.6) is 11.5 Å². The topological polar surface area (TPSA) is 150 Å². The summed E-state index contributed by atoms with van der Waals surface area (Å²) in [5.74, 6) is -1.48. The second-order valence-corrected chi connectivity index (χ2v) is 12.2. The molecule has 2 aromatic rings. The van der Waals surface area contributed by atoms with Crippen molar-refractivity contribution in [2.75, 3.05) is 19.8 Å². The van der Waals surface area contributed by atoms with Gasteiger partial charge in [-0.1, -0.05) is 65.8 Å². The summed E-state index contributed by atoms with van der Waals surface area (Å²) in [4.78, 5) is 49.3. The van der Waals surface area contributed by atoms with Gasteiger partial charge in [0.2, 0.25) is 0 Å². The Bertz CT molecular complexity index is 1210. The first-order chi connectivity index (χ1) is 19.5. The molecule has 2 rings (SSSR count). The molecule has 42 heavy (non-hydrogen) atoms. The van der Waals surface area contributed by atoms with Crippen LogP contribution in [0.15, 0.2) is 48.5 Å². The van der Waals surface area contributed by atoms with E-state index < -0.39 is 36.4 Å². The second kappa shape index (κ2) is 15.2. The standard InChI is InChI=1S/C31H41NO10/c1-20(17-37-26(33)22-11-9-8-10-12-22)40-27(34)23(32)15-21-13-14-24(41-28(35)38-18-30(2,3)4)25(16-21)42-29(36)39-19-31(5,6)7/h8-14,16,20,23H,15,17-19,32H2,1-7H3/t20-,23-/m0/s1. The number of nitrogens with two attached hydrogens (primary N) is 1. The molecule has 0 aliphatic heterocycles. The van der Waals surface area contributed by atoms with Gasteiger partial charge in [-0.25, -0.2) is 14.4 Å². The molecule has 0 amide bonds. The molecule has 0 bridgehead atoms. The van der Waals surface area contributed by atoms with Gasteiger partial charge in [0.1, 0.15) is 18.8 Å². The largest absolute Gasteiger partial charge is 0.513 e. The van der Waals surface area contributed by atoms with Crippen LogP contribution in [0.4, 0.5) is 9.59 Å². The number of carbonyl (C=O) groups excluding carboxylic acids is 4. The Labute approximate surface area is 246 Å². The van der Waals surface area contributed by atoms with E-state index in [9.17, 15) is 19.2 Å². The first-order valence-corrected chi connectivity index (χ1v) is 13.5. The zero-order valence-electron chi connectivity index (χ0n) is 25.3. The number of rotatable bonds is 11. The van der Waals surface area contributed by atoms with Crippen LogP contribution in [-0.4, -0.2) is 56.2 Å². The number of hydrogen-bond donors (Lipinski definition) is 1. The molecule has 0 heterocycles. The van der Waals surface area contributed by atoms with E-state index in [0.717, 1.165) is 0 Å². The Kier molecular flexibility index (Phi) is 12.3. The Morgan fingerprint density at radius 2 is 1.31 bits per heavy atom. The van der Waals surface area contributed by atoms with E-state index in [1.807, 2.05) is 41.5 Å². The van der Waals surface area contributed by atoms with E-state index in [1.165, 1.54) is 12.1 Å². The van der Waals surface area contributed by atoms with E-state index in [-0.39, 0.29) is 48.6 Å². The van der Waals surface area contributed by atoms with Crippen molar-refractivity contribution >= 4 is 24.2 Å². The van der Waals surface area contributed by atoms with Crippen LogP contribution in [0.3, 0.4) is 0 Å². The third-order valence-corrected chi connectivity index (χ3v) is 5.18. The lowest BCUT2D eigenvalue weighted by Gasteiger charge is -2.19. The van der Waals surface area contributed by atoms with Gasteiger partial charge in [-0.3, -0.25) is 4.79 Å². The molecule has 11 nitrogen and oxygen atoms in total. The third-order valence-electron chi connectivity index (χ3n) is 5.18. The van der Waals surface area contributed by atoms with Gasteiger partial charge in [0, 0.05) is 0 Å². The monoisotopic (exact) mass is 587 g/mol. The van der Waals surface area contributed by atoms with E-state index >= 15 is 0 Å². The van der Waals surface area contributed by atoms with Gasteiger partial charge in [-0.15, -0.1) is 0 Å². The Morgan fingerprint density at radius 1 is 0.762 bits per heavy atom. The molecule has 0 aromatic heterocycles. The van der Waals surface area contributed by atoms with Crippen molar-refractivity contribution in [2.45, 2.75) is 67.0 Å². The molecule has 11 heteroatoms. The van der Waals surface area contributed by atoms with E-state index in [0.29, 0.717) is 11.1 Å². The first-order valence-electron chi connectivity index (χ1n) is 13.5. The summed E-state index contributed by atoms with van der Waals surface area (Å²) in [6, 6.07) is 11.7. The minimum atomic E-state index is -1.10. The average Bonchev–Trinajstić information content (AvgIpc) is 2.90. The molecule has 0 radical (unpaired) electrons. The maximum absolute atomic E-state index is 12.6. The number of benzene rings is 2. The van der Waals surface area contributed by atoms with Crippen molar-refractivity contribution in [3.63, 3.8) is 0 Å².